The van der Waals surface area contributed by atoms with E-state index in [1.165, 1.54) is 0 Å². The van der Waals surface area contributed by atoms with Gasteiger partial charge in [0.05, 0.1) is 44.5 Å². The van der Waals surface area contributed by atoms with Crippen LogP contribution in [-0.2, 0) is 60.3 Å². The molecule has 5 aromatic rings. The molecule has 412 valence electrons. The summed E-state index contributed by atoms with van der Waals surface area (Å²) in [5.41, 5.74) is -29.4. The van der Waals surface area contributed by atoms with Gasteiger partial charge in [-0.1, -0.05) is 78.9 Å². The number of benzene rings is 5. The third kappa shape index (κ3) is 14.9. The molecule has 0 spiro atoms. The van der Waals surface area contributed by atoms with Gasteiger partial charge < -0.3 is 0 Å². The Bertz CT molecular complexity index is 2380. The zero-order chi connectivity index (χ0) is 57.9. The highest BCUT2D eigenvalue weighted by atomic mass is 32.2. The average molecular weight is 1130 g/mol. The Labute approximate surface area is 413 Å². The predicted octanol–water partition coefficient (Wildman–Crippen LogP) is 15.3. The molecule has 0 unspecified atom stereocenters. The molecule has 5 rings (SSSR count). The standard InChI is InChI=1S/C32H12BF24.C16H25OS/c34-25(35,36)13-1-14(26(37,38)39)6-21(5-13)33(22-7-15(27(40,41)42)2-16(8-22)28(43,44)45,23-9-17(29(46,47)48)3-18(10-23)30(49,50)51)24-11-19(31(52,53)54)4-20(12-24)32(55,56)57;1-15(2,3)18(16(4,5)6)12-14(17)13-10-8-7-9-11-13/h1-12H;7-11H,12H2,1-6H3/q-1;+1. The summed E-state index contributed by atoms with van der Waals surface area (Å²) in [6.45, 7) is 13.4. The highest BCUT2D eigenvalue weighted by Gasteiger charge is 2.48. The van der Waals surface area contributed by atoms with E-state index in [1.807, 2.05) is 30.3 Å². The molecule has 0 aliphatic heterocycles. The lowest BCUT2D eigenvalue weighted by atomic mass is 9.12. The molecule has 0 aliphatic carbocycles. The number of ketones is 1. The quantitative estimate of drug-likeness (QED) is 0.0687. The average Bonchev–Trinajstić information content (AvgIpc) is 3.22. The molecule has 0 atom stereocenters. The van der Waals surface area contributed by atoms with Crippen LogP contribution in [0, 0.1) is 0 Å². The number of carbonyl (C=O) groups excluding carboxylic acids is 1. The van der Waals surface area contributed by atoms with E-state index in [0.29, 0.717) is 5.75 Å². The lowest BCUT2D eigenvalue weighted by Crippen LogP contribution is -2.75. The Balaban J connectivity index is 0.000000569. The van der Waals surface area contributed by atoms with Gasteiger partial charge in [-0.2, -0.15) is 127 Å². The number of rotatable bonds is 7. The van der Waals surface area contributed by atoms with Crippen molar-refractivity contribution >= 4 is 44.7 Å². The van der Waals surface area contributed by atoms with Crippen LogP contribution in [0.5, 0.6) is 0 Å². The van der Waals surface area contributed by atoms with Crippen molar-refractivity contribution in [2.24, 2.45) is 0 Å². The van der Waals surface area contributed by atoms with Gasteiger partial charge in [-0.3, -0.25) is 4.79 Å². The van der Waals surface area contributed by atoms with E-state index >= 15 is 0 Å². The molecule has 0 bridgehead atoms. The molecular weight excluding hydrogens is 1090 g/mol. The lowest BCUT2D eigenvalue weighted by Gasteiger charge is -2.46. The largest absolute Gasteiger partial charge is 0.416 e. The second-order valence-corrected chi connectivity index (χ2v) is 22.3. The maximum Gasteiger partial charge on any atom is 0.416 e. The van der Waals surface area contributed by atoms with Crippen LogP contribution in [0.25, 0.3) is 0 Å². The molecule has 0 aliphatic rings. The summed E-state index contributed by atoms with van der Waals surface area (Å²) in [5.74, 6) is 0.917. The Morgan fingerprint density at radius 3 is 0.680 bits per heavy atom. The number of hydrogen-bond acceptors (Lipinski definition) is 1. The van der Waals surface area contributed by atoms with Crippen molar-refractivity contribution in [2.75, 3.05) is 5.75 Å². The van der Waals surface area contributed by atoms with E-state index in [-0.39, 0.29) is 26.2 Å². The molecule has 0 saturated heterocycles. The van der Waals surface area contributed by atoms with Gasteiger partial charge in [0.1, 0.15) is 15.6 Å². The molecule has 0 amide bonds. The summed E-state index contributed by atoms with van der Waals surface area (Å²) >= 11 is 0. The number of Topliss-reactive ketones (excluding diaryl/α,β-unsaturated/α-hetero) is 1. The fourth-order valence-electron chi connectivity index (χ4n) is 8.26. The van der Waals surface area contributed by atoms with Crippen molar-refractivity contribution in [3.05, 3.63) is 153 Å². The van der Waals surface area contributed by atoms with Crippen molar-refractivity contribution in [3.63, 3.8) is 0 Å². The SMILES string of the molecule is CC(C)(C)[S+](CC(=O)c1ccccc1)C(C)(C)C.FC(F)(F)c1cc([B-](c2cc(C(F)(F)F)cc(C(F)(F)F)c2)(c2cc(C(F)(F)F)cc(C(F)(F)F)c2)c2cc(C(F)(F)F)cc(C(F)(F)F)c2)cc(C(F)(F)F)c1. The lowest BCUT2D eigenvalue weighted by molar-refractivity contribution is -0.144. The zero-order valence-electron chi connectivity index (χ0n) is 39.0. The molecule has 0 fully saturated rings. The van der Waals surface area contributed by atoms with Crippen LogP contribution < -0.4 is 21.9 Å². The molecule has 0 saturated carbocycles. The second-order valence-electron chi connectivity index (χ2n) is 18.8. The highest BCUT2D eigenvalue weighted by Crippen LogP contribution is 2.42. The maximum absolute atomic E-state index is 14.2. The van der Waals surface area contributed by atoms with Crippen LogP contribution in [0.3, 0.4) is 0 Å². The van der Waals surface area contributed by atoms with E-state index in [9.17, 15) is 110 Å². The number of alkyl halides is 24. The van der Waals surface area contributed by atoms with Gasteiger partial charge in [-0.05, 0) is 65.8 Å². The number of halogens is 24. The van der Waals surface area contributed by atoms with Crippen LogP contribution in [0.1, 0.15) is 96.4 Å². The molecule has 0 N–H and O–H groups in total. The van der Waals surface area contributed by atoms with Gasteiger partial charge in [-0.25, -0.2) is 0 Å². The molecular formula is C48H37BF24OS. The zero-order valence-corrected chi connectivity index (χ0v) is 39.8. The predicted molar refractivity (Wildman–Crippen MR) is 233 cm³/mol. The summed E-state index contributed by atoms with van der Waals surface area (Å²) in [7, 11) is 0.0608. The number of carbonyl (C=O) groups is 1. The van der Waals surface area contributed by atoms with Crippen LogP contribution in [0.2, 0.25) is 0 Å². The van der Waals surface area contributed by atoms with Gasteiger partial charge in [0, 0.05) is 16.5 Å². The van der Waals surface area contributed by atoms with Crippen LogP contribution in [0.4, 0.5) is 105 Å². The molecule has 0 radical (unpaired) electrons. The van der Waals surface area contributed by atoms with Gasteiger partial charge in [0.15, 0.2) is 5.75 Å². The van der Waals surface area contributed by atoms with Gasteiger partial charge >= 0.3 is 49.4 Å². The molecule has 27 heteroatoms. The van der Waals surface area contributed by atoms with Crippen LogP contribution in [0.15, 0.2) is 103 Å². The second kappa shape index (κ2) is 20.5. The molecule has 75 heavy (non-hydrogen) atoms. The van der Waals surface area contributed by atoms with Crippen molar-refractivity contribution in [1.82, 2.24) is 0 Å². The third-order valence-electron chi connectivity index (χ3n) is 11.3. The fraction of sp³-hybridized carbons (Fsp3) is 0.354. The summed E-state index contributed by atoms with van der Waals surface area (Å²) in [6, 6.07) is 0.822. The van der Waals surface area contributed by atoms with Crippen molar-refractivity contribution in [2.45, 2.75) is 100 Å². The summed E-state index contributed by atoms with van der Waals surface area (Å²) in [5, 5.41) is 0. The van der Waals surface area contributed by atoms with E-state index in [4.69, 9.17) is 0 Å². The topological polar surface area (TPSA) is 17.1 Å². The minimum absolute atomic E-state index is 0.0608. The summed E-state index contributed by atoms with van der Waals surface area (Å²) in [4.78, 5) is 12.4. The van der Waals surface area contributed by atoms with Gasteiger partial charge in [0.2, 0.25) is 5.78 Å². The highest BCUT2D eigenvalue weighted by molar-refractivity contribution is 8.00. The Hall–Kier alpha value is -5.50. The smallest absolute Gasteiger partial charge is 0.289 e. The Morgan fingerprint density at radius 1 is 0.333 bits per heavy atom. The molecule has 1 nitrogen and oxygen atoms in total. The normalized spacial score (nSPS) is 14.0. The number of hydrogen-bond donors (Lipinski definition) is 0. The minimum atomic E-state index is -6.13. The molecule has 0 heterocycles. The third-order valence-corrected chi connectivity index (χ3v) is 14.8. The summed E-state index contributed by atoms with van der Waals surface area (Å²) < 4.78 is 341. The van der Waals surface area contributed by atoms with Crippen molar-refractivity contribution in [3.8, 4) is 0 Å². The first-order chi connectivity index (χ1) is 33.4. The van der Waals surface area contributed by atoms with E-state index in [1.54, 1.807) is 0 Å². The first-order valence-electron chi connectivity index (χ1n) is 21.0. The van der Waals surface area contributed by atoms with E-state index < -0.39 is 195 Å². The maximum atomic E-state index is 14.2. The minimum Gasteiger partial charge on any atom is -0.289 e. The van der Waals surface area contributed by atoms with E-state index in [2.05, 4.69) is 41.5 Å². The summed E-state index contributed by atoms with van der Waals surface area (Å²) in [6.07, 6.45) is -54.8. The first kappa shape index (κ1) is 62.0. The first-order valence-corrected chi connectivity index (χ1v) is 22.4. The van der Waals surface area contributed by atoms with Crippen LogP contribution in [-0.4, -0.2) is 27.2 Å². The Kier molecular flexibility index (Phi) is 16.9. The van der Waals surface area contributed by atoms with Crippen molar-refractivity contribution in [1.29, 1.82) is 0 Å². The van der Waals surface area contributed by atoms with Gasteiger partial charge in [-0.15, -0.1) is 0 Å². The van der Waals surface area contributed by atoms with Crippen LogP contribution >= 0.6 is 0 Å². The fourth-order valence-corrected chi connectivity index (χ4v) is 11.4. The van der Waals surface area contributed by atoms with Gasteiger partial charge in [0.25, 0.3) is 0 Å². The van der Waals surface area contributed by atoms with Crippen molar-refractivity contribution < 1.29 is 110 Å². The van der Waals surface area contributed by atoms with E-state index in [0.717, 1.165) is 5.56 Å². The molecule has 0 aromatic heterocycles. The molecule has 5 aromatic carbocycles. The Morgan fingerprint density at radius 2 is 0.520 bits per heavy atom. The monoisotopic (exact) mass is 1130 g/mol.